The van der Waals surface area contributed by atoms with Gasteiger partial charge in [0.05, 0.1) is 0 Å². The van der Waals surface area contributed by atoms with Gasteiger partial charge in [0, 0.05) is 0 Å². The predicted molar refractivity (Wildman–Crippen MR) is 51.9 cm³/mol. The zero-order chi connectivity index (χ0) is 8.43. The average molecular weight is 145 g/mol. The minimum absolute atomic E-state index is 1.32. The van der Waals surface area contributed by atoms with Crippen LogP contribution in [0, 0.1) is 20.8 Å². The highest BCUT2D eigenvalue weighted by atomic mass is 14.0. The maximum atomic E-state index is 2.22. The molecule has 0 unspecified atom stereocenters. The third-order valence-corrected chi connectivity index (χ3v) is 2.28. The normalized spacial score (nSPS) is 9.82. The first-order valence-corrected chi connectivity index (χ1v) is 4.02. The Balaban J connectivity index is 3.21. The Hall–Kier alpha value is -0.715. The van der Waals surface area contributed by atoms with Crippen molar-refractivity contribution in [3.8, 4) is 0 Å². The van der Waals surface area contributed by atoms with Crippen molar-refractivity contribution < 1.29 is 0 Å². The van der Waals surface area contributed by atoms with Crippen molar-refractivity contribution in [1.29, 1.82) is 0 Å². The lowest BCUT2D eigenvalue weighted by Crippen LogP contribution is -2.12. The maximum Gasteiger partial charge on any atom is 0.148 e. The number of rotatable bonds is 1. The molecule has 0 bridgehead atoms. The van der Waals surface area contributed by atoms with Gasteiger partial charge in [0.25, 0.3) is 0 Å². The lowest BCUT2D eigenvalue weighted by Gasteiger charge is -2.06. The van der Waals surface area contributed by atoms with Gasteiger partial charge in [0.2, 0.25) is 0 Å². The van der Waals surface area contributed by atoms with E-state index in [9.17, 15) is 0 Å². The van der Waals surface area contributed by atoms with Crippen LogP contribution < -0.4 is 5.46 Å². The van der Waals surface area contributed by atoms with Gasteiger partial charge in [-0.1, -0.05) is 24.4 Å². The topological polar surface area (TPSA) is 0 Å². The van der Waals surface area contributed by atoms with E-state index in [1.807, 2.05) is 0 Å². The smallest absolute Gasteiger partial charge is 0.0876 e. The Morgan fingerprint density at radius 3 is 1.82 bits per heavy atom. The zero-order valence-corrected chi connectivity index (χ0v) is 7.73. The Morgan fingerprint density at radius 2 is 1.45 bits per heavy atom. The van der Waals surface area contributed by atoms with Crippen LogP contribution in [-0.2, 0) is 0 Å². The van der Waals surface area contributed by atoms with Crippen molar-refractivity contribution in [2.75, 3.05) is 0 Å². The molecule has 1 aromatic rings. The summed E-state index contributed by atoms with van der Waals surface area (Å²) in [5.41, 5.74) is 5.51. The first-order valence-electron chi connectivity index (χ1n) is 4.02. The third-order valence-electron chi connectivity index (χ3n) is 2.28. The monoisotopic (exact) mass is 145 g/mol. The Labute approximate surface area is 69.9 Å². The highest BCUT2D eigenvalue weighted by Crippen LogP contribution is 2.09. The van der Waals surface area contributed by atoms with E-state index in [4.69, 9.17) is 0 Å². The lowest BCUT2D eigenvalue weighted by atomic mass is 9.72. The number of benzene rings is 1. The van der Waals surface area contributed by atoms with Gasteiger partial charge in [-0.2, -0.15) is 0 Å². The fourth-order valence-electron chi connectivity index (χ4n) is 1.24. The van der Waals surface area contributed by atoms with Gasteiger partial charge in [-0.3, -0.25) is 0 Å². The van der Waals surface area contributed by atoms with Crippen LogP contribution in [0.15, 0.2) is 12.1 Å². The van der Waals surface area contributed by atoms with Crippen molar-refractivity contribution >= 4 is 12.7 Å². The largest absolute Gasteiger partial charge is 0.148 e. The minimum atomic E-state index is 1.32. The third kappa shape index (κ3) is 1.65. The van der Waals surface area contributed by atoms with Crippen LogP contribution in [-0.4, -0.2) is 7.28 Å². The fourth-order valence-corrected chi connectivity index (χ4v) is 1.24. The molecule has 0 nitrogen and oxygen atoms in total. The Morgan fingerprint density at radius 1 is 1.00 bits per heavy atom. The zero-order valence-electron chi connectivity index (χ0n) is 7.73. The molecule has 0 fully saturated rings. The van der Waals surface area contributed by atoms with Crippen LogP contribution in [0.4, 0.5) is 0 Å². The summed E-state index contributed by atoms with van der Waals surface area (Å²) < 4.78 is 0. The van der Waals surface area contributed by atoms with E-state index in [-0.39, 0.29) is 0 Å². The van der Waals surface area contributed by atoms with Gasteiger partial charge in [-0.15, -0.1) is 0 Å². The lowest BCUT2D eigenvalue weighted by molar-refractivity contribution is 1.28. The van der Waals surface area contributed by atoms with Crippen LogP contribution >= 0.6 is 0 Å². The van der Waals surface area contributed by atoms with Crippen molar-refractivity contribution in [1.82, 2.24) is 0 Å². The quantitative estimate of drug-likeness (QED) is 0.530. The molecule has 0 aliphatic heterocycles. The van der Waals surface area contributed by atoms with E-state index in [0.717, 1.165) is 0 Å². The van der Waals surface area contributed by atoms with Crippen molar-refractivity contribution in [3.63, 3.8) is 0 Å². The second-order valence-electron chi connectivity index (χ2n) is 3.07. The highest BCUT2D eigenvalue weighted by Gasteiger charge is 1.98. The molecule has 0 aliphatic carbocycles. The molecule has 1 heteroatoms. The van der Waals surface area contributed by atoms with Gasteiger partial charge in [0.15, 0.2) is 0 Å². The molecule has 1 radical (unpaired) electrons. The Bertz CT molecular complexity index is 241. The van der Waals surface area contributed by atoms with Gasteiger partial charge < -0.3 is 0 Å². The average Bonchev–Trinajstić information content (AvgIpc) is 1.99. The van der Waals surface area contributed by atoms with E-state index in [2.05, 4.69) is 47.0 Å². The molecule has 11 heavy (non-hydrogen) atoms. The predicted octanol–water partition coefficient (Wildman–Crippen LogP) is 1.99. The van der Waals surface area contributed by atoms with Crippen LogP contribution in [0.2, 0.25) is 6.82 Å². The standard InChI is InChI=1S/C10H14B/c1-7-5-10(11-4)6-8(2)9(7)3/h5-6H,1-4H3. The molecule has 0 aliphatic rings. The highest BCUT2D eigenvalue weighted by molar-refractivity contribution is 6.51. The SMILES string of the molecule is C[B]c1cc(C)c(C)c(C)c1. The van der Waals surface area contributed by atoms with E-state index in [0.29, 0.717) is 0 Å². The molecular weight excluding hydrogens is 131 g/mol. The molecule has 1 aromatic carbocycles. The van der Waals surface area contributed by atoms with E-state index >= 15 is 0 Å². The van der Waals surface area contributed by atoms with Crippen LogP contribution in [0.25, 0.3) is 0 Å². The van der Waals surface area contributed by atoms with Crippen LogP contribution in [0.5, 0.6) is 0 Å². The molecule has 1 rings (SSSR count). The molecule has 0 heterocycles. The first-order chi connectivity index (χ1) is 5.15. The summed E-state index contributed by atoms with van der Waals surface area (Å²) >= 11 is 0. The molecular formula is C10H14B. The fraction of sp³-hybridized carbons (Fsp3) is 0.400. The van der Waals surface area contributed by atoms with Gasteiger partial charge in [-0.05, 0) is 37.5 Å². The summed E-state index contributed by atoms with van der Waals surface area (Å²) in [6, 6.07) is 4.45. The molecule has 0 amide bonds. The molecule has 0 saturated heterocycles. The second-order valence-corrected chi connectivity index (χ2v) is 3.07. The van der Waals surface area contributed by atoms with Crippen molar-refractivity contribution in [2.24, 2.45) is 0 Å². The van der Waals surface area contributed by atoms with Crippen molar-refractivity contribution in [3.05, 3.63) is 28.8 Å². The molecule has 0 spiro atoms. The summed E-state index contributed by atoms with van der Waals surface area (Å²) in [7, 11) is 2.14. The van der Waals surface area contributed by atoms with Crippen LogP contribution in [0.1, 0.15) is 16.7 Å². The van der Waals surface area contributed by atoms with E-state index in [1.165, 1.54) is 22.2 Å². The summed E-state index contributed by atoms with van der Waals surface area (Å²) in [4.78, 5) is 0. The second kappa shape index (κ2) is 3.12. The summed E-state index contributed by atoms with van der Waals surface area (Å²) in [5.74, 6) is 0. The summed E-state index contributed by atoms with van der Waals surface area (Å²) in [6.07, 6.45) is 0. The molecule has 0 atom stereocenters. The molecule has 0 N–H and O–H groups in total. The van der Waals surface area contributed by atoms with Gasteiger partial charge in [0.1, 0.15) is 7.28 Å². The Kier molecular flexibility index (Phi) is 2.38. The number of aryl methyl sites for hydroxylation is 2. The van der Waals surface area contributed by atoms with E-state index < -0.39 is 0 Å². The molecule has 0 aromatic heterocycles. The number of hydrogen-bond donors (Lipinski definition) is 0. The van der Waals surface area contributed by atoms with Gasteiger partial charge in [-0.25, -0.2) is 0 Å². The van der Waals surface area contributed by atoms with Crippen LogP contribution in [0.3, 0.4) is 0 Å². The summed E-state index contributed by atoms with van der Waals surface area (Å²) in [6.45, 7) is 8.57. The van der Waals surface area contributed by atoms with Gasteiger partial charge >= 0.3 is 0 Å². The maximum absolute atomic E-state index is 2.22. The van der Waals surface area contributed by atoms with E-state index in [1.54, 1.807) is 0 Å². The molecule has 0 saturated carbocycles. The minimum Gasteiger partial charge on any atom is -0.0876 e. The first kappa shape index (κ1) is 8.38. The molecule has 57 valence electrons. The van der Waals surface area contributed by atoms with Crippen molar-refractivity contribution in [2.45, 2.75) is 27.6 Å². The summed E-state index contributed by atoms with van der Waals surface area (Å²) in [5, 5.41) is 0. The number of hydrogen-bond acceptors (Lipinski definition) is 0.